The smallest absolute Gasteiger partial charge is 0.333 e. The average molecular weight is 491 g/mol. The van der Waals surface area contributed by atoms with Gasteiger partial charge in [0.2, 0.25) is 0 Å². The summed E-state index contributed by atoms with van der Waals surface area (Å²) in [6.45, 7) is -0.120. The summed E-state index contributed by atoms with van der Waals surface area (Å²) in [5.74, 6) is 1.48. The molecular formula is C22H26N4O5S2. The highest BCUT2D eigenvalue weighted by Crippen LogP contribution is 2.45. The number of ether oxygens (including phenoxy) is 1. The Morgan fingerprint density at radius 3 is 2.91 bits per heavy atom. The van der Waals surface area contributed by atoms with Crippen molar-refractivity contribution >= 4 is 37.7 Å². The molecule has 0 bridgehead atoms. The van der Waals surface area contributed by atoms with Gasteiger partial charge < -0.3 is 15.2 Å². The number of hydrogen-bond donors (Lipinski definition) is 3. The highest BCUT2D eigenvalue weighted by atomic mass is 32.2. The number of thiophene rings is 1. The van der Waals surface area contributed by atoms with Crippen LogP contribution in [0.4, 0.5) is 5.82 Å². The maximum Gasteiger partial charge on any atom is 0.333 e. The Labute approximate surface area is 196 Å². The third-order valence-corrected chi connectivity index (χ3v) is 8.14. The van der Waals surface area contributed by atoms with Crippen LogP contribution in [-0.4, -0.2) is 43.3 Å². The van der Waals surface area contributed by atoms with Crippen molar-refractivity contribution in [1.29, 1.82) is 0 Å². The number of hydrogen-bond acceptors (Lipinski definition) is 9. The molecule has 1 saturated carbocycles. The molecule has 0 aliphatic heterocycles. The predicted octanol–water partition coefficient (Wildman–Crippen LogP) is 2.87. The number of aliphatic hydroxyl groups is 1. The summed E-state index contributed by atoms with van der Waals surface area (Å²) in [6.07, 6.45) is 3.94. The Morgan fingerprint density at radius 2 is 2.12 bits per heavy atom. The Morgan fingerprint density at radius 1 is 1.27 bits per heavy atom. The molecule has 1 aromatic carbocycles. The molecule has 4 N–H and O–H groups in total. The minimum absolute atomic E-state index is 0.0575. The number of rotatable bonds is 7. The number of aromatic nitrogens is 2. The first-order valence-electron chi connectivity index (χ1n) is 10.8. The molecule has 176 valence electrons. The van der Waals surface area contributed by atoms with Crippen molar-refractivity contribution < 1.29 is 22.4 Å². The number of nitrogens with one attached hydrogen (secondary N) is 1. The van der Waals surface area contributed by atoms with Crippen LogP contribution >= 0.6 is 11.3 Å². The van der Waals surface area contributed by atoms with Crippen molar-refractivity contribution in [2.24, 2.45) is 11.1 Å². The number of aliphatic hydroxyl groups excluding tert-OH is 1. The van der Waals surface area contributed by atoms with Gasteiger partial charge in [0.25, 0.3) is 0 Å². The second-order valence-electron chi connectivity index (χ2n) is 8.63. The lowest BCUT2D eigenvalue weighted by atomic mass is 9.98. The van der Waals surface area contributed by atoms with Crippen LogP contribution in [0, 0.1) is 5.92 Å². The van der Waals surface area contributed by atoms with E-state index in [2.05, 4.69) is 26.7 Å². The lowest BCUT2D eigenvalue weighted by molar-refractivity contribution is 0.101. The lowest BCUT2D eigenvalue weighted by Crippen LogP contribution is -2.24. The highest BCUT2D eigenvalue weighted by Gasteiger charge is 2.36. The van der Waals surface area contributed by atoms with E-state index in [0.29, 0.717) is 12.8 Å². The number of anilines is 1. The molecule has 2 aliphatic carbocycles. The van der Waals surface area contributed by atoms with E-state index < -0.39 is 16.4 Å². The van der Waals surface area contributed by atoms with E-state index in [-0.39, 0.29) is 24.5 Å². The first-order chi connectivity index (χ1) is 15.8. The van der Waals surface area contributed by atoms with Gasteiger partial charge in [-0.2, -0.15) is 8.42 Å². The third-order valence-electron chi connectivity index (χ3n) is 6.68. The summed E-state index contributed by atoms with van der Waals surface area (Å²) in [7, 11) is -2.33. The van der Waals surface area contributed by atoms with Gasteiger partial charge in [0.1, 0.15) is 17.9 Å². The third kappa shape index (κ3) is 4.43. The van der Waals surface area contributed by atoms with Crippen LogP contribution in [0.25, 0.3) is 10.2 Å². The molecule has 11 heteroatoms. The molecule has 4 atom stereocenters. The Balaban J connectivity index is 1.37. The maximum atomic E-state index is 11.1. The van der Waals surface area contributed by atoms with E-state index in [0.717, 1.165) is 40.2 Å². The van der Waals surface area contributed by atoms with E-state index in [1.54, 1.807) is 24.8 Å². The molecule has 0 spiro atoms. The van der Waals surface area contributed by atoms with Crippen LogP contribution in [-0.2, 0) is 20.9 Å². The summed E-state index contributed by atoms with van der Waals surface area (Å²) >= 11 is 1.58. The first-order valence-corrected chi connectivity index (χ1v) is 13.2. The largest absolute Gasteiger partial charge is 0.496 e. The highest BCUT2D eigenvalue weighted by molar-refractivity contribution is 7.84. The van der Waals surface area contributed by atoms with Crippen molar-refractivity contribution in [3.8, 4) is 5.75 Å². The van der Waals surface area contributed by atoms with Gasteiger partial charge in [-0.15, -0.1) is 11.3 Å². The SMILES string of the molecule is COc1cccc2c1CC[C@H]2Nc1ncnc2c([C@@H]3C[C@@H](COS(N)(=O)=O)[C@@H](O)C3)csc12. The summed E-state index contributed by atoms with van der Waals surface area (Å²) < 4.78 is 33.4. The normalized spacial score (nSPS) is 24.8. The van der Waals surface area contributed by atoms with Gasteiger partial charge >= 0.3 is 10.3 Å². The van der Waals surface area contributed by atoms with E-state index in [1.807, 2.05) is 12.1 Å². The zero-order chi connectivity index (χ0) is 23.2. The fourth-order valence-corrected chi connectivity index (χ4v) is 6.53. The summed E-state index contributed by atoms with van der Waals surface area (Å²) in [4.78, 5) is 9.06. The average Bonchev–Trinajstić information content (AvgIpc) is 3.49. The molecule has 33 heavy (non-hydrogen) atoms. The second-order valence-corrected chi connectivity index (χ2v) is 10.7. The molecule has 5 rings (SSSR count). The Hall–Kier alpha value is -2.31. The van der Waals surface area contributed by atoms with E-state index in [1.165, 1.54) is 11.1 Å². The standard InChI is InChI=1S/C22H26N4O5S2/c1-30-19-4-2-3-14-15(19)5-6-17(14)26-22-21-20(24-11-25-22)16(10-32-21)12-7-13(18(27)8-12)9-31-33(23,28)29/h2-4,10-13,17-18,27H,5-9H2,1H3,(H2,23,28,29)(H,24,25,26)/t12-,13+,17-,18+/m1/s1. The molecule has 2 heterocycles. The van der Waals surface area contributed by atoms with Gasteiger partial charge in [-0.3, -0.25) is 4.18 Å². The molecule has 9 nitrogen and oxygen atoms in total. The predicted molar refractivity (Wildman–Crippen MR) is 126 cm³/mol. The van der Waals surface area contributed by atoms with Gasteiger partial charge in [-0.1, -0.05) is 12.1 Å². The molecule has 2 aliphatic rings. The van der Waals surface area contributed by atoms with Crippen molar-refractivity contribution in [2.45, 2.75) is 43.7 Å². The fraction of sp³-hybridized carbons (Fsp3) is 0.455. The van der Waals surface area contributed by atoms with Gasteiger partial charge in [0.15, 0.2) is 0 Å². The Kier molecular flexibility index (Phi) is 6.00. The van der Waals surface area contributed by atoms with Gasteiger partial charge in [0.05, 0.1) is 36.1 Å². The maximum absolute atomic E-state index is 11.1. The number of methoxy groups -OCH3 is 1. The van der Waals surface area contributed by atoms with Crippen molar-refractivity contribution in [2.75, 3.05) is 19.0 Å². The summed E-state index contributed by atoms with van der Waals surface area (Å²) in [5.41, 5.74) is 4.38. The lowest BCUT2D eigenvalue weighted by Gasteiger charge is -2.16. The first kappa shape index (κ1) is 22.5. The van der Waals surface area contributed by atoms with E-state index in [9.17, 15) is 13.5 Å². The van der Waals surface area contributed by atoms with Crippen LogP contribution < -0.4 is 15.2 Å². The van der Waals surface area contributed by atoms with Crippen LogP contribution in [0.15, 0.2) is 29.9 Å². The molecule has 3 aromatic rings. The second kappa shape index (κ2) is 8.80. The van der Waals surface area contributed by atoms with Crippen LogP contribution in [0.2, 0.25) is 0 Å². The van der Waals surface area contributed by atoms with Crippen molar-refractivity contribution in [3.63, 3.8) is 0 Å². The zero-order valence-electron chi connectivity index (χ0n) is 18.1. The number of benzene rings is 1. The molecule has 0 radical (unpaired) electrons. The van der Waals surface area contributed by atoms with Crippen molar-refractivity contribution in [3.05, 3.63) is 46.6 Å². The monoisotopic (exact) mass is 490 g/mol. The van der Waals surface area contributed by atoms with E-state index >= 15 is 0 Å². The van der Waals surface area contributed by atoms with Crippen LogP contribution in [0.1, 0.15) is 47.9 Å². The van der Waals surface area contributed by atoms with Gasteiger partial charge in [0, 0.05) is 5.92 Å². The number of fused-ring (bicyclic) bond motifs is 2. The topological polar surface area (TPSA) is 137 Å². The molecule has 1 fully saturated rings. The molecule has 0 amide bonds. The van der Waals surface area contributed by atoms with Crippen LogP contribution in [0.5, 0.6) is 5.75 Å². The number of nitrogens with zero attached hydrogens (tertiary/aromatic N) is 2. The van der Waals surface area contributed by atoms with Crippen molar-refractivity contribution in [1.82, 2.24) is 9.97 Å². The number of nitrogens with two attached hydrogens (primary N) is 1. The summed E-state index contributed by atoms with van der Waals surface area (Å²) in [6, 6.07) is 6.28. The molecular weight excluding hydrogens is 464 g/mol. The Bertz CT molecular complexity index is 1280. The quantitative estimate of drug-likeness (QED) is 0.460. The summed E-state index contributed by atoms with van der Waals surface area (Å²) in [5, 5.41) is 21.0. The van der Waals surface area contributed by atoms with Gasteiger partial charge in [-0.05, 0) is 59.7 Å². The molecule has 0 saturated heterocycles. The van der Waals surface area contributed by atoms with Gasteiger partial charge in [-0.25, -0.2) is 15.1 Å². The fourth-order valence-electron chi connectivity index (χ4n) is 5.11. The minimum atomic E-state index is -4.03. The minimum Gasteiger partial charge on any atom is -0.496 e. The van der Waals surface area contributed by atoms with Crippen LogP contribution in [0.3, 0.4) is 0 Å². The molecule has 0 unspecified atom stereocenters. The molecule has 2 aromatic heterocycles. The zero-order valence-corrected chi connectivity index (χ0v) is 19.7. The van der Waals surface area contributed by atoms with E-state index in [4.69, 9.17) is 14.1 Å².